The molecule has 0 bridgehead atoms. The van der Waals surface area contributed by atoms with Gasteiger partial charge in [-0.15, -0.1) is 11.3 Å². The molecule has 2 aromatic heterocycles. The highest BCUT2D eigenvalue weighted by Crippen LogP contribution is 2.25. The maximum atomic E-state index is 12.5. The zero-order valence-corrected chi connectivity index (χ0v) is 15.5. The first-order chi connectivity index (χ1) is 12.1. The highest BCUT2D eigenvalue weighted by molar-refractivity contribution is 7.15. The smallest absolute Gasteiger partial charge is 0.243 e. The topological polar surface area (TPSA) is 59.8 Å². The minimum absolute atomic E-state index is 0.0189. The maximum absolute atomic E-state index is 12.5. The number of hydrogen-bond donors (Lipinski definition) is 1. The molecular formula is C19H22N4OS. The quantitative estimate of drug-likeness (QED) is 0.728. The molecule has 0 spiro atoms. The average molecular weight is 354 g/mol. The molecule has 0 radical (unpaired) electrons. The molecule has 25 heavy (non-hydrogen) atoms. The molecule has 1 amide bonds. The molecule has 2 heterocycles. The number of hydrogen-bond acceptors (Lipinski definition) is 4. The summed E-state index contributed by atoms with van der Waals surface area (Å²) >= 11 is 1.60. The van der Waals surface area contributed by atoms with Crippen LogP contribution in [0, 0.1) is 0 Å². The van der Waals surface area contributed by atoms with Gasteiger partial charge in [0.2, 0.25) is 5.91 Å². The Bertz CT molecular complexity index is 838. The largest absolute Gasteiger partial charge is 0.349 e. The molecule has 0 aliphatic rings. The van der Waals surface area contributed by atoms with E-state index in [4.69, 9.17) is 0 Å². The summed E-state index contributed by atoms with van der Waals surface area (Å²) in [6, 6.07) is 9.77. The zero-order valence-electron chi connectivity index (χ0n) is 14.6. The summed E-state index contributed by atoms with van der Waals surface area (Å²) in [4.78, 5) is 22.3. The van der Waals surface area contributed by atoms with Crippen molar-refractivity contribution in [1.82, 2.24) is 19.9 Å². The Kier molecular flexibility index (Phi) is 5.28. The van der Waals surface area contributed by atoms with Crippen LogP contribution >= 0.6 is 11.3 Å². The summed E-state index contributed by atoms with van der Waals surface area (Å²) in [6.45, 7) is 6.53. The number of rotatable bonds is 6. The molecule has 0 saturated heterocycles. The number of amides is 1. The molecule has 1 unspecified atom stereocenters. The summed E-state index contributed by atoms with van der Waals surface area (Å²) in [6.07, 6.45) is 5.43. The predicted octanol–water partition coefficient (Wildman–Crippen LogP) is 4.01. The van der Waals surface area contributed by atoms with Gasteiger partial charge in [0.25, 0.3) is 0 Å². The Hall–Kier alpha value is -2.47. The van der Waals surface area contributed by atoms with Gasteiger partial charge in [0.15, 0.2) is 0 Å². The molecule has 5 nitrogen and oxygen atoms in total. The van der Waals surface area contributed by atoms with Crippen molar-refractivity contribution in [3.63, 3.8) is 0 Å². The lowest BCUT2D eigenvalue weighted by Crippen LogP contribution is -2.31. The van der Waals surface area contributed by atoms with E-state index < -0.39 is 0 Å². The molecule has 1 N–H and O–H groups in total. The molecule has 130 valence electrons. The highest BCUT2D eigenvalue weighted by Gasteiger charge is 2.19. The van der Waals surface area contributed by atoms with Gasteiger partial charge < -0.3 is 9.88 Å². The Morgan fingerprint density at radius 2 is 1.96 bits per heavy atom. The number of nitrogens with zero attached hydrogens (tertiary/aromatic N) is 3. The minimum Gasteiger partial charge on any atom is -0.349 e. The summed E-state index contributed by atoms with van der Waals surface area (Å²) in [5.41, 5.74) is 1.10. The van der Waals surface area contributed by atoms with Gasteiger partial charge in [0, 0.05) is 34.9 Å². The van der Waals surface area contributed by atoms with Gasteiger partial charge in [-0.2, -0.15) is 0 Å². The van der Waals surface area contributed by atoms with E-state index in [9.17, 15) is 4.79 Å². The van der Waals surface area contributed by atoms with E-state index in [2.05, 4.69) is 29.1 Å². The number of nitrogens with one attached hydrogen (secondary N) is 1. The van der Waals surface area contributed by atoms with Crippen molar-refractivity contribution in [3.05, 3.63) is 59.6 Å². The van der Waals surface area contributed by atoms with Gasteiger partial charge >= 0.3 is 0 Å². The monoisotopic (exact) mass is 354 g/mol. The van der Waals surface area contributed by atoms with Gasteiger partial charge in [0.1, 0.15) is 16.9 Å². The molecule has 1 aromatic carbocycles. The summed E-state index contributed by atoms with van der Waals surface area (Å²) in [5, 5.41) is 3.97. The maximum Gasteiger partial charge on any atom is 0.243 e. The number of imidazole rings is 1. The lowest BCUT2D eigenvalue weighted by Gasteiger charge is -2.17. The summed E-state index contributed by atoms with van der Waals surface area (Å²) < 4.78 is 1.93. The molecule has 0 fully saturated rings. The van der Waals surface area contributed by atoms with Gasteiger partial charge in [-0.1, -0.05) is 44.2 Å². The number of aromatic nitrogens is 3. The van der Waals surface area contributed by atoms with Crippen molar-refractivity contribution < 1.29 is 4.79 Å². The predicted molar refractivity (Wildman–Crippen MR) is 100 cm³/mol. The second-order valence-corrected chi connectivity index (χ2v) is 7.35. The first kappa shape index (κ1) is 17.4. The first-order valence-electron chi connectivity index (χ1n) is 8.37. The van der Waals surface area contributed by atoms with Crippen LogP contribution in [0.1, 0.15) is 43.4 Å². The van der Waals surface area contributed by atoms with Gasteiger partial charge in [-0.3, -0.25) is 4.79 Å². The van der Waals surface area contributed by atoms with E-state index in [1.807, 2.05) is 54.2 Å². The van der Waals surface area contributed by atoms with Crippen LogP contribution in [0.4, 0.5) is 0 Å². The lowest BCUT2D eigenvalue weighted by atomic mass is 10.2. The second kappa shape index (κ2) is 7.61. The fourth-order valence-electron chi connectivity index (χ4n) is 2.65. The van der Waals surface area contributed by atoms with Crippen LogP contribution in [0.2, 0.25) is 0 Å². The molecule has 1 atom stereocenters. The molecule has 0 aliphatic carbocycles. The lowest BCUT2D eigenvalue weighted by molar-refractivity contribution is -0.124. The molecule has 6 heteroatoms. The summed E-state index contributed by atoms with van der Waals surface area (Å²) in [5.74, 6) is 1.18. The van der Waals surface area contributed by atoms with Crippen LogP contribution in [0.15, 0.2) is 48.9 Å². The van der Waals surface area contributed by atoms with Gasteiger partial charge in [-0.05, 0) is 6.92 Å². The fraction of sp³-hybridized carbons (Fsp3) is 0.316. The average Bonchev–Trinajstić information content (AvgIpc) is 3.29. The third-order valence-electron chi connectivity index (χ3n) is 4.02. The normalized spacial score (nSPS) is 12.3. The summed E-state index contributed by atoms with van der Waals surface area (Å²) in [7, 11) is 0. The van der Waals surface area contributed by atoms with Crippen molar-refractivity contribution in [2.24, 2.45) is 0 Å². The molecular weight excluding hydrogens is 332 g/mol. The fourth-order valence-corrected chi connectivity index (χ4v) is 3.51. The third kappa shape index (κ3) is 3.96. The first-order valence-corrected chi connectivity index (χ1v) is 9.18. The van der Waals surface area contributed by atoms with Gasteiger partial charge in [0.05, 0.1) is 6.54 Å². The SMILES string of the molecule is CC(C)c1nccn1C(C)C(=O)NCc1cnc(-c2ccccc2)s1. The number of carbonyl (C=O) groups is 1. The van der Waals surface area contributed by atoms with E-state index >= 15 is 0 Å². The van der Waals surface area contributed by atoms with Crippen LogP contribution < -0.4 is 5.32 Å². The Morgan fingerprint density at radius 1 is 1.20 bits per heavy atom. The molecule has 3 aromatic rings. The van der Waals surface area contributed by atoms with Crippen LogP contribution in [-0.2, 0) is 11.3 Å². The highest BCUT2D eigenvalue weighted by atomic mass is 32.1. The van der Waals surface area contributed by atoms with Crippen molar-refractivity contribution in [1.29, 1.82) is 0 Å². The molecule has 3 rings (SSSR count). The number of thiazole rings is 1. The molecule has 0 aliphatic heterocycles. The Balaban J connectivity index is 1.63. The third-order valence-corrected chi connectivity index (χ3v) is 5.07. The van der Waals surface area contributed by atoms with E-state index in [-0.39, 0.29) is 17.9 Å². The zero-order chi connectivity index (χ0) is 17.8. The van der Waals surface area contributed by atoms with Crippen molar-refractivity contribution in [3.8, 4) is 10.6 Å². The van der Waals surface area contributed by atoms with Crippen LogP contribution in [0.25, 0.3) is 10.6 Å². The van der Waals surface area contributed by atoms with Crippen molar-refractivity contribution in [2.45, 2.75) is 39.3 Å². The second-order valence-electron chi connectivity index (χ2n) is 6.24. The van der Waals surface area contributed by atoms with Crippen LogP contribution in [-0.4, -0.2) is 20.4 Å². The van der Waals surface area contributed by atoms with E-state index in [0.717, 1.165) is 21.3 Å². The van der Waals surface area contributed by atoms with Crippen LogP contribution in [0.3, 0.4) is 0 Å². The molecule has 0 saturated carbocycles. The number of carbonyl (C=O) groups excluding carboxylic acids is 1. The Labute approximate surface area is 151 Å². The van der Waals surface area contributed by atoms with E-state index in [0.29, 0.717) is 6.54 Å². The van der Waals surface area contributed by atoms with Crippen LogP contribution in [0.5, 0.6) is 0 Å². The standard InChI is InChI=1S/C19H22N4OS/c1-13(2)17-20-9-10-23(17)14(3)18(24)21-11-16-12-22-19(25-16)15-7-5-4-6-8-15/h4-10,12-14H,11H2,1-3H3,(H,21,24). The minimum atomic E-state index is -0.290. The Morgan fingerprint density at radius 3 is 2.68 bits per heavy atom. The number of benzene rings is 1. The van der Waals surface area contributed by atoms with E-state index in [1.165, 1.54) is 0 Å². The van der Waals surface area contributed by atoms with Crippen molar-refractivity contribution >= 4 is 17.2 Å². The van der Waals surface area contributed by atoms with Crippen molar-refractivity contribution in [2.75, 3.05) is 0 Å². The van der Waals surface area contributed by atoms with E-state index in [1.54, 1.807) is 17.5 Å². The van der Waals surface area contributed by atoms with Gasteiger partial charge in [-0.25, -0.2) is 9.97 Å².